The van der Waals surface area contributed by atoms with E-state index in [1.165, 1.54) is 7.11 Å². The number of amides is 1. The van der Waals surface area contributed by atoms with E-state index in [0.717, 1.165) is 10.9 Å². The van der Waals surface area contributed by atoms with E-state index >= 15 is 0 Å². The summed E-state index contributed by atoms with van der Waals surface area (Å²) in [6.07, 6.45) is 0.233. The molecule has 5 nitrogen and oxygen atoms in total. The molecule has 1 amide bonds. The van der Waals surface area contributed by atoms with Crippen molar-refractivity contribution in [1.29, 1.82) is 0 Å². The second-order valence-corrected chi connectivity index (χ2v) is 6.19. The molecular weight excluding hydrogens is 352 g/mol. The number of aromatic nitrogens is 1. The van der Waals surface area contributed by atoms with Crippen LogP contribution in [0.25, 0.3) is 10.9 Å². The Kier molecular flexibility index (Phi) is 5.49. The minimum Gasteiger partial charge on any atom is -0.467 e. The number of carbonyl (C=O) groups is 2. The Morgan fingerprint density at radius 2 is 1.81 bits per heavy atom. The van der Waals surface area contributed by atoms with Crippen LogP contribution in [0.5, 0.6) is 0 Å². The number of nitrogens with zero attached hydrogens (tertiary/aromatic N) is 1. The molecule has 1 atom stereocenters. The molecule has 3 aromatic rings. The molecule has 0 fully saturated rings. The summed E-state index contributed by atoms with van der Waals surface area (Å²) in [5, 5.41) is 4.25. The molecular formula is C20H17ClN2O3. The van der Waals surface area contributed by atoms with Gasteiger partial charge in [0.25, 0.3) is 5.91 Å². The molecule has 0 saturated heterocycles. The molecule has 2 aromatic carbocycles. The minimum absolute atomic E-state index is 0.233. The highest BCUT2D eigenvalue weighted by atomic mass is 35.5. The number of methoxy groups -OCH3 is 1. The van der Waals surface area contributed by atoms with Gasteiger partial charge in [-0.05, 0) is 36.4 Å². The molecule has 0 spiro atoms. The summed E-state index contributed by atoms with van der Waals surface area (Å²) in [7, 11) is 1.29. The van der Waals surface area contributed by atoms with Gasteiger partial charge in [0.1, 0.15) is 6.04 Å². The summed E-state index contributed by atoms with van der Waals surface area (Å²) in [4.78, 5) is 29.1. The molecule has 3 rings (SSSR count). The van der Waals surface area contributed by atoms with E-state index < -0.39 is 12.0 Å². The van der Waals surface area contributed by atoms with E-state index in [4.69, 9.17) is 16.3 Å². The van der Waals surface area contributed by atoms with Crippen LogP contribution in [-0.4, -0.2) is 30.0 Å². The number of para-hydroxylation sites is 1. The molecule has 0 radical (unpaired) electrons. The van der Waals surface area contributed by atoms with Crippen LogP contribution in [0.1, 0.15) is 16.1 Å². The smallest absolute Gasteiger partial charge is 0.328 e. The van der Waals surface area contributed by atoms with E-state index in [1.807, 2.05) is 36.4 Å². The van der Waals surface area contributed by atoms with E-state index in [2.05, 4.69) is 10.3 Å². The van der Waals surface area contributed by atoms with Crippen LogP contribution in [0, 0.1) is 0 Å². The van der Waals surface area contributed by atoms with Gasteiger partial charge in [0.15, 0.2) is 0 Å². The van der Waals surface area contributed by atoms with Gasteiger partial charge in [-0.2, -0.15) is 0 Å². The summed E-state index contributed by atoms with van der Waals surface area (Å²) < 4.78 is 4.83. The van der Waals surface area contributed by atoms with Crippen molar-refractivity contribution in [2.45, 2.75) is 12.5 Å². The van der Waals surface area contributed by atoms with Gasteiger partial charge in [-0.25, -0.2) is 4.79 Å². The largest absolute Gasteiger partial charge is 0.467 e. The second-order valence-electron chi connectivity index (χ2n) is 5.76. The average molecular weight is 369 g/mol. The molecule has 26 heavy (non-hydrogen) atoms. The van der Waals surface area contributed by atoms with Crippen LogP contribution in [0.4, 0.5) is 0 Å². The van der Waals surface area contributed by atoms with Crippen LogP contribution in [0.15, 0.2) is 60.7 Å². The predicted octanol–water partition coefficient (Wildman–Crippen LogP) is 3.40. The average Bonchev–Trinajstić information content (AvgIpc) is 2.67. The SMILES string of the molecule is COC(=O)[C@H](Cc1ccc2ccccc2n1)NC(=O)c1ccc(Cl)cc1. The quantitative estimate of drug-likeness (QED) is 0.701. The Morgan fingerprint density at radius 1 is 1.08 bits per heavy atom. The van der Waals surface area contributed by atoms with Gasteiger partial charge in [0.2, 0.25) is 0 Å². The molecule has 1 N–H and O–H groups in total. The molecule has 0 bridgehead atoms. The normalized spacial score (nSPS) is 11.8. The summed E-state index contributed by atoms with van der Waals surface area (Å²) in [5.41, 5.74) is 1.93. The van der Waals surface area contributed by atoms with Gasteiger partial charge in [-0.3, -0.25) is 9.78 Å². The predicted molar refractivity (Wildman–Crippen MR) is 100 cm³/mol. The number of halogens is 1. The van der Waals surface area contributed by atoms with Gasteiger partial charge in [0, 0.05) is 28.1 Å². The lowest BCUT2D eigenvalue weighted by Gasteiger charge is -2.16. The highest BCUT2D eigenvalue weighted by Gasteiger charge is 2.23. The number of hydrogen-bond donors (Lipinski definition) is 1. The zero-order valence-corrected chi connectivity index (χ0v) is 14.9. The van der Waals surface area contributed by atoms with Crippen LogP contribution in [0.2, 0.25) is 5.02 Å². The molecule has 6 heteroatoms. The molecule has 0 unspecified atom stereocenters. The summed E-state index contributed by atoms with van der Waals surface area (Å²) in [5.74, 6) is -0.903. The Labute approximate surface area is 156 Å². The number of nitrogens with one attached hydrogen (secondary N) is 1. The monoisotopic (exact) mass is 368 g/mol. The number of ether oxygens (including phenoxy) is 1. The lowest BCUT2D eigenvalue weighted by Crippen LogP contribution is -2.43. The van der Waals surface area contributed by atoms with E-state index in [1.54, 1.807) is 24.3 Å². The fourth-order valence-electron chi connectivity index (χ4n) is 2.61. The third-order valence-electron chi connectivity index (χ3n) is 3.97. The Bertz CT molecular complexity index is 941. The summed E-state index contributed by atoms with van der Waals surface area (Å²) in [6.45, 7) is 0. The molecule has 0 aliphatic heterocycles. The molecule has 1 aromatic heterocycles. The van der Waals surface area contributed by atoms with Crippen molar-refractivity contribution in [3.8, 4) is 0 Å². The van der Waals surface area contributed by atoms with E-state index in [0.29, 0.717) is 16.3 Å². The van der Waals surface area contributed by atoms with Crippen molar-refractivity contribution in [3.63, 3.8) is 0 Å². The van der Waals surface area contributed by atoms with E-state index in [9.17, 15) is 9.59 Å². The van der Waals surface area contributed by atoms with Crippen LogP contribution in [-0.2, 0) is 16.0 Å². The fraction of sp³-hybridized carbons (Fsp3) is 0.150. The number of rotatable bonds is 5. The minimum atomic E-state index is -0.836. The van der Waals surface area contributed by atoms with Crippen molar-refractivity contribution in [3.05, 3.63) is 76.9 Å². The van der Waals surface area contributed by atoms with Gasteiger partial charge < -0.3 is 10.1 Å². The maximum absolute atomic E-state index is 12.4. The zero-order chi connectivity index (χ0) is 18.5. The first-order chi connectivity index (χ1) is 12.6. The lowest BCUT2D eigenvalue weighted by atomic mass is 10.1. The van der Waals surface area contributed by atoms with Crippen LogP contribution in [0.3, 0.4) is 0 Å². The third kappa shape index (κ3) is 4.18. The number of fused-ring (bicyclic) bond motifs is 1. The Morgan fingerprint density at radius 3 is 2.54 bits per heavy atom. The molecule has 0 aliphatic carbocycles. The number of pyridine rings is 1. The maximum Gasteiger partial charge on any atom is 0.328 e. The third-order valence-corrected chi connectivity index (χ3v) is 4.22. The lowest BCUT2D eigenvalue weighted by molar-refractivity contribution is -0.142. The number of carbonyl (C=O) groups excluding carboxylic acids is 2. The van der Waals surface area contributed by atoms with Crippen molar-refractivity contribution in [2.75, 3.05) is 7.11 Å². The number of benzene rings is 2. The highest BCUT2D eigenvalue weighted by Crippen LogP contribution is 2.14. The van der Waals surface area contributed by atoms with Gasteiger partial charge >= 0.3 is 5.97 Å². The fourth-order valence-corrected chi connectivity index (χ4v) is 2.74. The van der Waals surface area contributed by atoms with Crippen LogP contribution < -0.4 is 5.32 Å². The number of hydrogen-bond acceptors (Lipinski definition) is 4. The first kappa shape index (κ1) is 17.9. The van der Waals surface area contributed by atoms with Crippen LogP contribution >= 0.6 is 11.6 Å². The molecule has 0 aliphatic rings. The second kappa shape index (κ2) is 7.97. The van der Waals surface area contributed by atoms with Gasteiger partial charge in [-0.15, -0.1) is 0 Å². The highest BCUT2D eigenvalue weighted by molar-refractivity contribution is 6.30. The topological polar surface area (TPSA) is 68.3 Å². The van der Waals surface area contributed by atoms with Crippen molar-refractivity contribution >= 4 is 34.4 Å². The van der Waals surface area contributed by atoms with Crippen molar-refractivity contribution in [1.82, 2.24) is 10.3 Å². The molecule has 0 saturated carbocycles. The van der Waals surface area contributed by atoms with Gasteiger partial charge in [-0.1, -0.05) is 35.9 Å². The van der Waals surface area contributed by atoms with Crippen molar-refractivity contribution in [2.24, 2.45) is 0 Å². The Hall–Kier alpha value is -2.92. The Balaban J connectivity index is 1.79. The summed E-state index contributed by atoms with van der Waals surface area (Å²) >= 11 is 5.84. The summed E-state index contributed by atoms with van der Waals surface area (Å²) in [6, 6.07) is 17.1. The van der Waals surface area contributed by atoms with E-state index in [-0.39, 0.29) is 12.3 Å². The maximum atomic E-state index is 12.4. The van der Waals surface area contributed by atoms with Crippen molar-refractivity contribution < 1.29 is 14.3 Å². The first-order valence-electron chi connectivity index (χ1n) is 8.06. The first-order valence-corrected chi connectivity index (χ1v) is 8.43. The molecule has 132 valence electrons. The standard InChI is InChI=1S/C20H17ClN2O3/c1-26-20(25)18(23-19(24)14-6-9-15(21)10-7-14)12-16-11-8-13-4-2-3-5-17(13)22-16/h2-11,18H,12H2,1H3,(H,23,24)/t18-/m0/s1. The van der Waals surface area contributed by atoms with Gasteiger partial charge in [0.05, 0.1) is 12.6 Å². The zero-order valence-electron chi connectivity index (χ0n) is 14.1. The number of esters is 1. The molecule has 1 heterocycles.